The fourth-order valence-corrected chi connectivity index (χ4v) is 2.36. The summed E-state index contributed by atoms with van der Waals surface area (Å²) >= 11 is 0. The van der Waals surface area contributed by atoms with Crippen LogP contribution in [0.3, 0.4) is 0 Å². The van der Waals surface area contributed by atoms with Crippen molar-refractivity contribution in [3.05, 3.63) is 35.0 Å². The van der Waals surface area contributed by atoms with Crippen molar-refractivity contribution >= 4 is 10.9 Å². The lowest BCUT2D eigenvalue weighted by atomic mass is 9.86. The van der Waals surface area contributed by atoms with Crippen LogP contribution < -0.4 is 5.73 Å². The molecule has 0 saturated heterocycles. The summed E-state index contributed by atoms with van der Waals surface area (Å²) in [5, 5.41) is 0.621. The fourth-order valence-electron chi connectivity index (χ4n) is 2.36. The van der Waals surface area contributed by atoms with E-state index in [1.54, 1.807) is 6.07 Å². The first kappa shape index (κ1) is 14.9. The van der Waals surface area contributed by atoms with Gasteiger partial charge in [-0.2, -0.15) is 13.2 Å². The highest BCUT2D eigenvalue weighted by molar-refractivity contribution is 5.86. The second kappa shape index (κ2) is 4.81. The normalized spacial score (nSPS) is 13.2. The van der Waals surface area contributed by atoms with E-state index in [0.717, 1.165) is 5.56 Å². The van der Waals surface area contributed by atoms with E-state index >= 15 is 0 Å². The van der Waals surface area contributed by atoms with E-state index in [9.17, 15) is 13.2 Å². The Labute approximate surface area is 116 Å². The number of rotatable bonds is 2. The molecule has 110 valence electrons. The number of nitrogens with one attached hydrogen (secondary N) is 1. The highest BCUT2D eigenvalue weighted by Gasteiger charge is 2.36. The van der Waals surface area contributed by atoms with E-state index in [0.29, 0.717) is 10.9 Å². The van der Waals surface area contributed by atoms with Gasteiger partial charge >= 0.3 is 6.18 Å². The summed E-state index contributed by atoms with van der Waals surface area (Å²) in [7, 11) is 0. The molecule has 0 spiro atoms. The van der Waals surface area contributed by atoms with Gasteiger partial charge in [0.05, 0.1) is 0 Å². The molecule has 2 rings (SSSR count). The van der Waals surface area contributed by atoms with Gasteiger partial charge in [-0.15, -0.1) is 0 Å². The lowest BCUT2D eigenvalue weighted by Gasteiger charge is -2.19. The van der Waals surface area contributed by atoms with Crippen LogP contribution in [0, 0.1) is 0 Å². The molecular weight excluding hydrogens is 265 g/mol. The molecule has 0 aliphatic carbocycles. The average Bonchev–Trinajstić information content (AvgIpc) is 2.67. The molecule has 2 aromatic rings. The smallest absolute Gasteiger partial charge is 0.351 e. The topological polar surface area (TPSA) is 41.8 Å². The van der Waals surface area contributed by atoms with Crippen LogP contribution in [0.4, 0.5) is 13.2 Å². The molecule has 0 aliphatic rings. The second-order valence-corrected chi connectivity index (χ2v) is 6.03. The quantitative estimate of drug-likeness (QED) is 0.860. The molecule has 0 aliphatic heterocycles. The van der Waals surface area contributed by atoms with Gasteiger partial charge in [0.1, 0.15) is 5.69 Å². The lowest BCUT2D eigenvalue weighted by Crippen LogP contribution is -2.12. The minimum Gasteiger partial charge on any atom is -0.351 e. The summed E-state index contributed by atoms with van der Waals surface area (Å²) in [4.78, 5) is 2.49. The van der Waals surface area contributed by atoms with Crippen LogP contribution in [0.15, 0.2) is 18.2 Å². The van der Waals surface area contributed by atoms with Gasteiger partial charge in [0, 0.05) is 10.9 Å². The van der Waals surface area contributed by atoms with Gasteiger partial charge in [0.25, 0.3) is 0 Å². The van der Waals surface area contributed by atoms with Crippen molar-refractivity contribution in [2.75, 3.05) is 6.54 Å². The number of benzene rings is 1. The Morgan fingerprint density at radius 1 is 1.15 bits per heavy atom. The summed E-state index contributed by atoms with van der Waals surface area (Å²) in [5.74, 6) is 0. The van der Waals surface area contributed by atoms with E-state index < -0.39 is 11.9 Å². The second-order valence-electron chi connectivity index (χ2n) is 6.03. The van der Waals surface area contributed by atoms with Crippen LogP contribution in [0.2, 0.25) is 0 Å². The van der Waals surface area contributed by atoms with Crippen molar-refractivity contribution in [1.29, 1.82) is 0 Å². The van der Waals surface area contributed by atoms with Gasteiger partial charge in [0.2, 0.25) is 0 Å². The van der Waals surface area contributed by atoms with E-state index in [2.05, 4.69) is 4.98 Å². The number of hydrogen-bond donors (Lipinski definition) is 2. The number of hydrogen-bond acceptors (Lipinski definition) is 1. The molecule has 0 atom stereocenters. The Bertz CT molecular complexity index is 618. The van der Waals surface area contributed by atoms with E-state index in [1.165, 1.54) is 0 Å². The number of nitrogens with two attached hydrogens (primary N) is 1. The zero-order valence-electron chi connectivity index (χ0n) is 11.9. The highest BCUT2D eigenvalue weighted by atomic mass is 19.4. The van der Waals surface area contributed by atoms with Gasteiger partial charge in [-0.1, -0.05) is 26.8 Å². The van der Waals surface area contributed by atoms with Crippen molar-refractivity contribution in [1.82, 2.24) is 4.98 Å². The van der Waals surface area contributed by atoms with Crippen molar-refractivity contribution in [2.45, 2.75) is 38.8 Å². The summed E-state index contributed by atoms with van der Waals surface area (Å²) in [6.45, 7) is 6.30. The van der Waals surface area contributed by atoms with E-state index in [-0.39, 0.29) is 23.9 Å². The van der Waals surface area contributed by atoms with Gasteiger partial charge in [-0.25, -0.2) is 0 Å². The molecule has 0 unspecified atom stereocenters. The molecule has 1 aromatic heterocycles. The highest BCUT2D eigenvalue weighted by Crippen LogP contribution is 2.37. The summed E-state index contributed by atoms with van der Waals surface area (Å²) in [5.41, 5.74) is 6.46. The summed E-state index contributed by atoms with van der Waals surface area (Å²) in [6.07, 6.45) is -4.17. The van der Waals surface area contributed by atoms with Crippen molar-refractivity contribution in [3.63, 3.8) is 0 Å². The molecule has 20 heavy (non-hydrogen) atoms. The van der Waals surface area contributed by atoms with Crippen LogP contribution in [0.25, 0.3) is 10.9 Å². The third kappa shape index (κ3) is 2.68. The average molecular weight is 284 g/mol. The summed E-state index contributed by atoms with van der Waals surface area (Å²) in [6, 6.07) is 5.42. The summed E-state index contributed by atoms with van der Waals surface area (Å²) < 4.78 is 39.2. The predicted octanol–water partition coefficient (Wildman–Crippen LogP) is 3.99. The number of fused-ring (bicyclic) bond motifs is 1. The van der Waals surface area contributed by atoms with Gasteiger partial charge in [-0.3, -0.25) is 0 Å². The molecule has 1 aromatic carbocycles. The molecule has 5 heteroatoms. The van der Waals surface area contributed by atoms with Crippen LogP contribution in [-0.2, 0) is 18.0 Å². The van der Waals surface area contributed by atoms with Crippen LogP contribution >= 0.6 is 0 Å². The Balaban J connectivity index is 2.70. The van der Waals surface area contributed by atoms with Gasteiger partial charge < -0.3 is 10.7 Å². The monoisotopic (exact) mass is 284 g/mol. The Morgan fingerprint density at radius 2 is 1.80 bits per heavy atom. The maximum Gasteiger partial charge on any atom is 0.431 e. The van der Waals surface area contributed by atoms with Crippen LogP contribution in [0.5, 0.6) is 0 Å². The number of aromatic nitrogens is 1. The first-order valence-electron chi connectivity index (χ1n) is 6.57. The maximum atomic E-state index is 13.1. The maximum absolute atomic E-state index is 13.1. The van der Waals surface area contributed by atoms with E-state index in [4.69, 9.17) is 5.73 Å². The van der Waals surface area contributed by atoms with Crippen molar-refractivity contribution < 1.29 is 13.2 Å². The van der Waals surface area contributed by atoms with Crippen molar-refractivity contribution in [3.8, 4) is 0 Å². The van der Waals surface area contributed by atoms with Gasteiger partial charge in [-0.05, 0) is 41.6 Å². The first-order valence-corrected chi connectivity index (χ1v) is 6.57. The standard InChI is InChI=1S/C15H19F3N2/c1-14(2,3)9-4-5-12-11(8-9)10(6-7-19)13(20-12)15(16,17)18/h4-5,8,20H,6-7,19H2,1-3H3. The SMILES string of the molecule is CC(C)(C)c1ccc2[nH]c(C(F)(F)F)c(CCN)c2c1. The number of halogens is 3. The minimum atomic E-state index is -4.38. The first-order chi connectivity index (χ1) is 9.14. The van der Waals surface area contributed by atoms with Crippen molar-refractivity contribution in [2.24, 2.45) is 5.73 Å². The minimum absolute atomic E-state index is 0.107. The Kier molecular flexibility index (Phi) is 3.58. The molecule has 0 amide bonds. The number of aromatic amines is 1. The van der Waals surface area contributed by atoms with Crippen LogP contribution in [-0.4, -0.2) is 11.5 Å². The molecule has 0 saturated carbocycles. The molecule has 2 nitrogen and oxygen atoms in total. The molecule has 0 bridgehead atoms. The Hall–Kier alpha value is -1.49. The molecule has 0 fully saturated rings. The predicted molar refractivity (Wildman–Crippen MR) is 74.8 cm³/mol. The van der Waals surface area contributed by atoms with Gasteiger partial charge in [0.15, 0.2) is 0 Å². The van der Waals surface area contributed by atoms with E-state index in [1.807, 2.05) is 32.9 Å². The molecule has 3 N–H and O–H groups in total. The Morgan fingerprint density at radius 3 is 2.30 bits per heavy atom. The number of H-pyrrole nitrogens is 1. The lowest BCUT2D eigenvalue weighted by molar-refractivity contribution is -0.141. The fraction of sp³-hybridized carbons (Fsp3) is 0.467. The zero-order chi connectivity index (χ0) is 15.1. The third-order valence-electron chi connectivity index (χ3n) is 3.45. The van der Waals surface area contributed by atoms with Crippen LogP contribution in [0.1, 0.15) is 37.6 Å². The molecule has 1 heterocycles. The molecule has 0 radical (unpaired) electrons. The number of alkyl halides is 3. The third-order valence-corrected chi connectivity index (χ3v) is 3.45. The molecular formula is C15H19F3N2. The zero-order valence-corrected chi connectivity index (χ0v) is 11.9. The largest absolute Gasteiger partial charge is 0.431 e.